The Kier molecular flexibility index (Phi) is 6.31. The summed E-state index contributed by atoms with van der Waals surface area (Å²) in [6.45, 7) is 0.337. The predicted molar refractivity (Wildman–Crippen MR) is 107 cm³/mol. The largest absolute Gasteiger partial charge is 0.345 e. The number of benzene rings is 2. The van der Waals surface area contributed by atoms with Crippen LogP contribution in [0.4, 0.5) is 4.79 Å². The summed E-state index contributed by atoms with van der Waals surface area (Å²) in [5.74, 6) is -0.368. The summed E-state index contributed by atoms with van der Waals surface area (Å²) in [4.78, 5) is 38.8. The van der Waals surface area contributed by atoms with Crippen LogP contribution in [0.15, 0.2) is 54.6 Å². The quantitative estimate of drug-likeness (QED) is 0.727. The Labute approximate surface area is 169 Å². The van der Waals surface area contributed by atoms with Crippen LogP contribution in [0, 0.1) is 0 Å². The maximum atomic E-state index is 12.5. The lowest BCUT2D eigenvalue weighted by atomic mass is 9.98. The molecule has 0 radical (unpaired) electrons. The number of likely N-dealkylation sites (N-methyl/N-ethyl adjacent to an activating group) is 1. The van der Waals surface area contributed by atoms with Crippen LogP contribution in [-0.4, -0.2) is 47.8 Å². The number of amides is 4. The summed E-state index contributed by atoms with van der Waals surface area (Å²) in [5, 5.41) is 3.68. The molecule has 1 fully saturated rings. The van der Waals surface area contributed by atoms with Crippen molar-refractivity contribution in [2.24, 2.45) is 0 Å². The molecule has 0 saturated carbocycles. The zero-order valence-electron chi connectivity index (χ0n) is 15.6. The fourth-order valence-electron chi connectivity index (χ4n) is 3.18. The van der Waals surface area contributed by atoms with Crippen LogP contribution >= 0.6 is 11.6 Å². The molecule has 1 unspecified atom stereocenters. The molecular formula is C21H22ClN3O3. The molecule has 6 nitrogen and oxygen atoms in total. The van der Waals surface area contributed by atoms with E-state index in [1.165, 1.54) is 9.80 Å². The monoisotopic (exact) mass is 399 g/mol. The van der Waals surface area contributed by atoms with Crippen molar-refractivity contribution in [1.29, 1.82) is 0 Å². The van der Waals surface area contributed by atoms with Crippen LogP contribution in [-0.2, 0) is 9.59 Å². The minimum atomic E-state index is -0.311. The third kappa shape index (κ3) is 4.70. The molecule has 1 aliphatic heterocycles. The van der Waals surface area contributed by atoms with E-state index in [0.29, 0.717) is 11.4 Å². The summed E-state index contributed by atoms with van der Waals surface area (Å²) in [6.07, 6.45) is 0.636. The Morgan fingerprint density at radius 1 is 1.07 bits per heavy atom. The van der Waals surface area contributed by atoms with Gasteiger partial charge in [-0.25, -0.2) is 4.79 Å². The topological polar surface area (TPSA) is 69.7 Å². The number of rotatable bonds is 7. The summed E-state index contributed by atoms with van der Waals surface area (Å²) < 4.78 is 0. The van der Waals surface area contributed by atoms with E-state index in [2.05, 4.69) is 5.32 Å². The number of imide groups is 1. The van der Waals surface area contributed by atoms with Crippen LogP contribution in [0.5, 0.6) is 0 Å². The average molecular weight is 400 g/mol. The second-order valence-corrected chi connectivity index (χ2v) is 7.19. The highest BCUT2D eigenvalue weighted by Gasteiger charge is 2.32. The summed E-state index contributed by atoms with van der Waals surface area (Å²) >= 11 is 5.98. The molecule has 1 heterocycles. The molecule has 4 amide bonds. The smallest absolute Gasteiger partial charge is 0.326 e. The van der Waals surface area contributed by atoms with Gasteiger partial charge in [-0.15, -0.1) is 0 Å². The van der Waals surface area contributed by atoms with E-state index in [9.17, 15) is 14.4 Å². The Balaban J connectivity index is 1.62. The first-order valence-corrected chi connectivity index (χ1v) is 9.48. The van der Waals surface area contributed by atoms with Gasteiger partial charge in [-0.05, 0) is 29.7 Å². The third-order valence-electron chi connectivity index (χ3n) is 4.66. The molecular weight excluding hydrogens is 378 g/mol. The van der Waals surface area contributed by atoms with Crippen LogP contribution in [0.3, 0.4) is 0 Å². The second kappa shape index (κ2) is 8.89. The number of hydrogen-bond acceptors (Lipinski definition) is 3. The molecule has 0 spiro atoms. The van der Waals surface area contributed by atoms with E-state index < -0.39 is 0 Å². The first-order valence-electron chi connectivity index (χ1n) is 9.11. The Morgan fingerprint density at radius 3 is 2.32 bits per heavy atom. The van der Waals surface area contributed by atoms with Crippen LogP contribution in [0.2, 0.25) is 5.02 Å². The van der Waals surface area contributed by atoms with Gasteiger partial charge in [0.05, 0.1) is 6.04 Å². The van der Waals surface area contributed by atoms with E-state index in [1.54, 1.807) is 19.2 Å². The number of carbonyl (C=O) groups is 3. The van der Waals surface area contributed by atoms with Crippen molar-refractivity contribution in [2.45, 2.75) is 18.9 Å². The van der Waals surface area contributed by atoms with E-state index in [4.69, 9.17) is 11.6 Å². The average Bonchev–Trinajstić information content (AvgIpc) is 2.93. The normalized spacial score (nSPS) is 15.1. The zero-order chi connectivity index (χ0) is 20.1. The maximum Gasteiger partial charge on any atom is 0.326 e. The number of hydrogen-bond donors (Lipinski definition) is 1. The highest BCUT2D eigenvalue weighted by Crippen LogP contribution is 2.23. The molecule has 0 aliphatic carbocycles. The molecule has 146 valence electrons. The predicted octanol–water partition coefficient (Wildman–Crippen LogP) is 3.22. The van der Waals surface area contributed by atoms with E-state index in [1.807, 2.05) is 42.5 Å². The van der Waals surface area contributed by atoms with Crippen molar-refractivity contribution in [3.05, 3.63) is 70.7 Å². The Morgan fingerprint density at radius 2 is 1.71 bits per heavy atom. The van der Waals surface area contributed by atoms with E-state index in [0.717, 1.165) is 11.1 Å². The number of nitrogens with zero attached hydrogens (tertiary/aromatic N) is 2. The minimum absolute atomic E-state index is 0.0949. The molecule has 0 bridgehead atoms. The lowest BCUT2D eigenvalue weighted by Gasteiger charge is -2.20. The van der Waals surface area contributed by atoms with Crippen molar-refractivity contribution in [3.63, 3.8) is 0 Å². The molecule has 2 aromatic carbocycles. The lowest BCUT2D eigenvalue weighted by molar-refractivity contribution is -0.126. The molecule has 28 heavy (non-hydrogen) atoms. The second-order valence-electron chi connectivity index (χ2n) is 6.75. The van der Waals surface area contributed by atoms with Gasteiger partial charge in [0.2, 0.25) is 11.8 Å². The minimum Gasteiger partial charge on any atom is -0.345 e. The Hall–Kier alpha value is -2.86. The number of urea groups is 1. The summed E-state index contributed by atoms with van der Waals surface area (Å²) in [5.41, 5.74) is 1.89. The molecule has 1 N–H and O–H groups in total. The van der Waals surface area contributed by atoms with Gasteiger partial charge in [-0.1, -0.05) is 54.1 Å². The molecule has 3 rings (SSSR count). The van der Waals surface area contributed by atoms with Crippen LogP contribution < -0.4 is 5.32 Å². The SMILES string of the molecule is CN1CC(=O)N(CCCC(=O)NC(c2ccccc2)c2ccc(Cl)cc2)C1=O. The maximum absolute atomic E-state index is 12.5. The van der Waals surface area contributed by atoms with Crippen molar-refractivity contribution in [3.8, 4) is 0 Å². The van der Waals surface area contributed by atoms with Gasteiger partial charge in [-0.2, -0.15) is 0 Å². The van der Waals surface area contributed by atoms with Gasteiger partial charge in [-0.3, -0.25) is 14.5 Å². The van der Waals surface area contributed by atoms with Crippen LogP contribution in [0.25, 0.3) is 0 Å². The first-order chi connectivity index (χ1) is 13.5. The molecule has 1 saturated heterocycles. The van der Waals surface area contributed by atoms with Crippen molar-refractivity contribution < 1.29 is 14.4 Å². The zero-order valence-corrected chi connectivity index (χ0v) is 16.4. The molecule has 0 aromatic heterocycles. The standard InChI is InChI=1S/C21H22ClN3O3/c1-24-14-19(27)25(21(24)28)13-5-8-18(26)23-20(15-6-3-2-4-7-15)16-9-11-17(22)12-10-16/h2-4,6-7,9-12,20H,5,8,13-14H2,1H3,(H,23,26). The summed E-state index contributed by atoms with van der Waals surface area (Å²) in [7, 11) is 1.59. The van der Waals surface area contributed by atoms with E-state index >= 15 is 0 Å². The molecule has 2 aromatic rings. The van der Waals surface area contributed by atoms with Crippen molar-refractivity contribution in [2.75, 3.05) is 20.1 Å². The molecule has 7 heteroatoms. The fraction of sp³-hybridized carbons (Fsp3) is 0.286. The van der Waals surface area contributed by atoms with Crippen molar-refractivity contribution >= 4 is 29.4 Å². The van der Waals surface area contributed by atoms with Gasteiger partial charge in [0.15, 0.2) is 0 Å². The first kappa shape index (κ1) is 19.9. The molecule has 1 aliphatic rings. The lowest BCUT2D eigenvalue weighted by Crippen LogP contribution is -2.34. The van der Waals surface area contributed by atoms with Gasteiger partial charge in [0.1, 0.15) is 6.54 Å². The number of nitrogens with one attached hydrogen (secondary N) is 1. The van der Waals surface area contributed by atoms with Crippen molar-refractivity contribution in [1.82, 2.24) is 15.1 Å². The van der Waals surface area contributed by atoms with Gasteiger partial charge in [0.25, 0.3) is 0 Å². The van der Waals surface area contributed by atoms with Gasteiger partial charge in [0, 0.05) is 25.0 Å². The highest BCUT2D eigenvalue weighted by atomic mass is 35.5. The summed E-state index contributed by atoms with van der Waals surface area (Å²) in [6, 6.07) is 16.4. The van der Waals surface area contributed by atoms with Crippen LogP contribution in [0.1, 0.15) is 30.0 Å². The highest BCUT2D eigenvalue weighted by molar-refractivity contribution is 6.30. The third-order valence-corrected chi connectivity index (χ3v) is 4.91. The van der Waals surface area contributed by atoms with E-state index in [-0.39, 0.29) is 43.4 Å². The van der Waals surface area contributed by atoms with Gasteiger partial charge >= 0.3 is 6.03 Å². The van der Waals surface area contributed by atoms with Gasteiger partial charge < -0.3 is 10.2 Å². The molecule has 1 atom stereocenters. The number of carbonyl (C=O) groups excluding carboxylic acids is 3. The Bertz CT molecular complexity index is 855. The fourth-order valence-corrected chi connectivity index (χ4v) is 3.31. The number of halogens is 1.